The van der Waals surface area contributed by atoms with Gasteiger partial charge in [0.25, 0.3) is 10.0 Å². The van der Waals surface area contributed by atoms with E-state index in [9.17, 15) is 8.42 Å². The van der Waals surface area contributed by atoms with Crippen molar-refractivity contribution in [1.82, 2.24) is 14.1 Å². The van der Waals surface area contributed by atoms with E-state index in [-0.39, 0.29) is 5.03 Å². The third-order valence-corrected chi connectivity index (χ3v) is 3.81. The van der Waals surface area contributed by atoms with E-state index in [4.69, 9.17) is 0 Å². The normalized spacial score (nSPS) is 12.2. The minimum Gasteiger partial charge on any atom is -0.303 e. The van der Waals surface area contributed by atoms with Crippen LogP contribution in [0.1, 0.15) is 11.4 Å². The summed E-state index contributed by atoms with van der Waals surface area (Å²) in [7, 11) is -2.12. The zero-order valence-electron chi connectivity index (χ0n) is 9.35. The predicted molar refractivity (Wildman–Crippen MR) is 60.9 cm³/mol. The molecule has 0 saturated heterocycles. The number of aryl methyl sites for hydroxylation is 2. The molecule has 0 fully saturated rings. The molecule has 0 aliphatic carbocycles. The van der Waals surface area contributed by atoms with Gasteiger partial charge in [-0.05, 0) is 38.6 Å². The number of sulfonamides is 1. The molecule has 2 aromatic heterocycles. The van der Waals surface area contributed by atoms with Crippen molar-refractivity contribution in [3.8, 4) is 0 Å². The Bertz CT molecular complexity index is 643. The fourth-order valence-corrected chi connectivity index (χ4v) is 2.48. The Hall–Kier alpha value is -1.40. The van der Waals surface area contributed by atoms with Crippen molar-refractivity contribution in [3.05, 3.63) is 29.7 Å². The molecular formula is C10H13N3O2S. The van der Waals surface area contributed by atoms with E-state index in [2.05, 4.69) is 9.71 Å². The lowest BCUT2D eigenvalue weighted by Crippen LogP contribution is -2.19. The van der Waals surface area contributed by atoms with Crippen molar-refractivity contribution in [1.29, 1.82) is 0 Å². The van der Waals surface area contributed by atoms with E-state index in [0.717, 1.165) is 5.56 Å². The minimum atomic E-state index is -3.50. The Kier molecular flexibility index (Phi) is 2.47. The number of hydrogen-bond donors (Lipinski definition) is 1. The highest BCUT2D eigenvalue weighted by Gasteiger charge is 2.20. The number of hydrogen-bond acceptors (Lipinski definition) is 3. The average Bonchev–Trinajstić information content (AvgIpc) is 2.56. The van der Waals surface area contributed by atoms with Crippen LogP contribution in [0.15, 0.2) is 23.4 Å². The Morgan fingerprint density at radius 2 is 2.06 bits per heavy atom. The maximum absolute atomic E-state index is 11.8. The molecule has 5 nitrogen and oxygen atoms in total. The van der Waals surface area contributed by atoms with Crippen molar-refractivity contribution >= 4 is 15.5 Å². The largest absolute Gasteiger partial charge is 0.303 e. The van der Waals surface area contributed by atoms with Crippen LogP contribution in [-0.4, -0.2) is 24.9 Å². The van der Waals surface area contributed by atoms with Gasteiger partial charge in [-0.15, -0.1) is 0 Å². The minimum absolute atomic E-state index is 0.0798. The van der Waals surface area contributed by atoms with Crippen LogP contribution < -0.4 is 4.72 Å². The predicted octanol–water partition coefficient (Wildman–Crippen LogP) is 0.859. The van der Waals surface area contributed by atoms with Crippen LogP contribution >= 0.6 is 0 Å². The standard InChI is InChI=1S/C10H13N3O2S/c1-7-4-5-13-8(2)12-10(9(13)6-7)16(14,15)11-3/h4-6,11H,1-3H3. The molecule has 0 unspecified atom stereocenters. The summed E-state index contributed by atoms with van der Waals surface area (Å²) in [4.78, 5) is 4.09. The first kappa shape index (κ1) is 11.1. The summed E-state index contributed by atoms with van der Waals surface area (Å²) in [6.07, 6.45) is 1.82. The molecule has 0 saturated carbocycles. The molecule has 0 bridgehead atoms. The number of imidazole rings is 1. The molecule has 0 spiro atoms. The molecule has 1 N–H and O–H groups in total. The molecule has 86 valence electrons. The van der Waals surface area contributed by atoms with Crippen LogP contribution in [0.25, 0.3) is 5.52 Å². The van der Waals surface area contributed by atoms with Crippen molar-refractivity contribution in [2.24, 2.45) is 0 Å². The highest BCUT2D eigenvalue weighted by Crippen LogP contribution is 2.18. The number of pyridine rings is 1. The summed E-state index contributed by atoms with van der Waals surface area (Å²) in [5.74, 6) is 0.656. The number of nitrogens with one attached hydrogen (secondary N) is 1. The monoisotopic (exact) mass is 239 g/mol. The SMILES string of the molecule is CNS(=O)(=O)c1nc(C)n2ccc(C)cc12. The molecule has 0 radical (unpaired) electrons. The van der Waals surface area contributed by atoms with Crippen LogP contribution in [-0.2, 0) is 10.0 Å². The zero-order valence-corrected chi connectivity index (χ0v) is 10.2. The molecule has 16 heavy (non-hydrogen) atoms. The Morgan fingerprint density at radius 3 is 2.69 bits per heavy atom. The number of rotatable bonds is 2. The molecule has 2 rings (SSSR count). The second-order valence-electron chi connectivity index (χ2n) is 3.63. The second-order valence-corrected chi connectivity index (χ2v) is 5.43. The summed E-state index contributed by atoms with van der Waals surface area (Å²) in [6, 6.07) is 3.72. The third kappa shape index (κ3) is 1.60. The van der Waals surface area contributed by atoms with Gasteiger partial charge < -0.3 is 4.40 Å². The van der Waals surface area contributed by atoms with Gasteiger partial charge in [0.1, 0.15) is 5.82 Å². The Labute approximate surface area is 94.2 Å². The van der Waals surface area contributed by atoms with Gasteiger partial charge in [-0.2, -0.15) is 0 Å². The van der Waals surface area contributed by atoms with E-state index in [0.29, 0.717) is 11.3 Å². The van der Waals surface area contributed by atoms with Gasteiger partial charge in [0.05, 0.1) is 5.52 Å². The first-order chi connectivity index (χ1) is 7.45. The lowest BCUT2D eigenvalue weighted by atomic mass is 10.3. The Balaban J connectivity index is 2.86. The van der Waals surface area contributed by atoms with Gasteiger partial charge in [-0.3, -0.25) is 0 Å². The first-order valence-corrected chi connectivity index (χ1v) is 6.33. The lowest BCUT2D eigenvalue weighted by molar-refractivity contribution is 0.586. The summed E-state index contributed by atoms with van der Waals surface area (Å²) < 4.78 is 27.5. The van der Waals surface area contributed by atoms with Gasteiger partial charge in [0, 0.05) is 6.20 Å². The van der Waals surface area contributed by atoms with Crippen LogP contribution in [0.4, 0.5) is 0 Å². The average molecular weight is 239 g/mol. The quantitative estimate of drug-likeness (QED) is 0.845. The van der Waals surface area contributed by atoms with Crippen LogP contribution in [0.3, 0.4) is 0 Å². The second kappa shape index (κ2) is 3.57. The maximum Gasteiger partial charge on any atom is 0.259 e. The van der Waals surface area contributed by atoms with Crippen LogP contribution in [0.2, 0.25) is 0 Å². The molecule has 2 heterocycles. The van der Waals surface area contributed by atoms with Crippen LogP contribution in [0.5, 0.6) is 0 Å². The molecule has 0 aliphatic heterocycles. The van der Waals surface area contributed by atoms with Crippen LogP contribution in [0, 0.1) is 13.8 Å². The topological polar surface area (TPSA) is 63.5 Å². The molecule has 6 heteroatoms. The van der Waals surface area contributed by atoms with E-state index in [1.165, 1.54) is 7.05 Å². The molecule has 2 aromatic rings. The fourth-order valence-electron chi connectivity index (χ4n) is 1.61. The van der Waals surface area contributed by atoms with Gasteiger partial charge in [-0.1, -0.05) is 0 Å². The molecule has 0 amide bonds. The highest BCUT2D eigenvalue weighted by atomic mass is 32.2. The third-order valence-electron chi connectivity index (χ3n) is 2.46. The summed E-state index contributed by atoms with van der Waals surface area (Å²) in [6.45, 7) is 3.69. The van der Waals surface area contributed by atoms with Crippen molar-refractivity contribution in [2.45, 2.75) is 18.9 Å². The highest BCUT2D eigenvalue weighted by molar-refractivity contribution is 7.89. The van der Waals surface area contributed by atoms with E-state index in [1.807, 2.05) is 25.3 Å². The molecule has 0 atom stereocenters. The molecular weight excluding hydrogens is 226 g/mol. The van der Waals surface area contributed by atoms with Gasteiger partial charge in [0.15, 0.2) is 5.03 Å². The number of fused-ring (bicyclic) bond motifs is 1. The lowest BCUT2D eigenvalue weighted by Gasteiger charge is -2.00. The van der Waals surface area contributed by atoms with Crippen molar-refractivity contribution in [3.63, 3.8) is 0 Å². The molecule has 0 aliphatic rings. The molecule has 0 aromatic carbocycles. The van der Waals surface area contributed by atoms with Gasteiger partial charge in [-0.25, -0.2) is 18.1 Å². The van der Waals surface area contributed by atoms with E-state index in [1.54, 1.807) is 11.3 Å². The van der Waals surface area contributed by atoms with E-state index >= 15 is 0 Å². The first-order valence-electron chi connectivity index (χ1n) is 4.84. The summed E-state index contributed by atoms with van der Waals surface area (Å²) in [5, 5.41) is 0.0798. The van der Waals surface area contributed by atoms with Gasteiger partial charge in [0.2, 0.25) is 0 Å². The summed E-state index contributed by atoms with van der Waals surface area (Å²) in [5.41, 5.74) is 1.60. The van der Waals surface area contributed by atoms with Gasteiger partial charge >= 0.3 is 0 Å². The van der Waals surface area contributed by atoms with Crippen molar-refractivity contribution in [2.75, 3.05) is 7.05 Å². The summed E-state index contributed by atoms with van der Waals surface area (Å²) >= 11 is 0. The zero-order chi connectivity index (χ0) is 11.9. The van der Waals surface area contributed by atoms with E-state index < -0.39 is 10.0 Å². The number of aromatic nitrogens is 2. The smallest absolute Gasteiger partial charge is 0.259 e. The maximum atomic E-state index is 11.8. The van der Waals surface area contributed by atoms with Crippen molar-refractivity contribution < 1.29 is 8.42 Å². The number of nitrogens with zero attached hydrogens (tertiary/aromatic N) is 2. The Morgan fingerprint density at radius 1 is 1.38 bits per heavy atom. The fraction of sp³-hybridized carbons (Fsp3) is 0.300.